The molecule has 0 spiro atoms. The highest BCUT2D eigenvalue weighted by molar-refractivity contribution is 6.30. The van der Waals surface area contributed by atoms with Crippen LogP contribution in [0.2, 0.25) is 5.02 Å². The lowest BCUT2D eigenvalue weighted by atomic mass is 10.1. The van der Waals surface area contributed by atoms with Gasteiger partial charge in [0.15, 0.2) is 17.3 Å². The molecular formula is C18H15ClN2O3. The Bertz CT molecular complexity index is 889. The Hall–Kier alpha value is -2.79. The lowest BCUT2D eigenvalue weighted by molar-refractivity contribution is 0.0991. The molecular weight excluding hydrogens is 328 g/mol. The molecule has 0 saturated heterocycles. The van der Waals surface area contributed by atoms with Gasteiger partial charge in [-0.05, 0) is 35.9 Å². The first kappa shape index (κ1) is 16.1. The minimum atomic E-state index is -0.313. The number of phenols is 2. The number of halogens is 1. The van der Waals surface area contributed by atoms with Crippen LogP contribution in [0.25, 0.3) is 0 Å². The van der Waals surface area contributed by atoms with Gasteiger partial charge in [-0.1, -0.05) is 23.7 Å². The van der Waals surface area contributed by atoms with Crippen molar-refractivity contribution in [1.29, 1.82) is 0 Å². The minimum Gasteiger partial charge on any atom is -0.504 e. The first-order valence-electron chi connectivity index (χ1n) is 7.31. The largest absolute Gasteiger partial charge is 0.504 e. The molecule has 0 bridgehead atoms. The fourth-order valence-electron chi connectivity index (χ4n) is 2.39. The number of Topliss-reactive ketones (excluding diaryl/α,β-unsaturated/α-hetero) is 1. The van der Waals surface area contributed by atoms with Gasteiger partial charge in [0.25, 0.3) is 0 Å². The second kappa shape index (κ2) is 6.76. The highest BCUT2D eigenvalue weighted by atomic mass is 35.5. The normalized spacial score (nSPS) is 10.7. The van der Waals surface area contributed by atoms with Crippen molar-refractivity contribution in [3.05, 3.63) is 76.8 Å². The summed E-state index contributed by atoms with van der Waals surface area (Å²) in [6.07, 6.45) is 3.59. The average Bonchev–Trinajstić information content (AvgIpc) is 2.97. The molecule has 6 heteroatoms. The third kappa shape index (κ3) is 3.75. The number of nitrogens with zero attached hydrogens (tertiary/aromatic N) is 2. The number of carbonyl (C=O) groups is 1. The van der Waals surface area contributed by atoms with Gasteiger partial charge in [-0.15, -0.1) is 0 Å². The summed E-state index contributed by atoms with van der Waals surface area (Å²) in [5, 5.41) is 19.4. The predicted octanol–water partition coefficient (Wildman–Crippen LogP) is 3.42. The van der Waals surface area contributed by atoms with Crippen molar-refractivity contribution in [2.24, 2.45) is 0 Å². The third-order valence-electron chi connectivity index (χ3n) is 3.58. The third-order valence-corrected chi connectivity index (χ3v) is 3.82. The van der Waals surface area contributed by atoms with Crippen LogP contribution in [0.5, 0.6) is 11.5 Å². The molecule has 0 aliphatic heterocycles. The van der Waals surface area contributed by atoms with E-state index in [9.17, 15) is 15.0 Å². The van der Waals surface area contributed by atoms with E-state index in [1.807, 2.05) is 28.8 Å². The predicted molar refractivity (Wildman–Crippen MR) is 90.6 cm³/mol. The topological polar surface area (TPSA) is 75.4 Å². The van der Waals surface area contributed by atoms with Crippen LogP contribution in [0.3, 0.4) is 0 Å². The average molecular weight is 343 g/mol. The fraction of sp³-hybridized carbons (Fsp3) is 0.111. The summed E-state index contributed by atoms with van der Waals surface area (Å²) in [6.45, 7) is 0.613. The molecule has 0 atom stereocenters. The maximum atomic E-state index is 12.2. The van der Waals surface area contributed by atoms with Crippen LogP contribution >= 0.6 is 11.6 Å². The zero-order chi connectivity index (χ0) is 17.1. The van der Waals surface area contributed by atoms with Crippen LogP contribution in [0.4, 0.5) is 0 Å². The summed E-state index contributed by atoms with van der Waals surface area (Å²) in [5.41, 5.74) is 2.01. The number of hydrogen-bond acceptors (Lipinski definition) is 4. The van der Waals surface area contributed by atoms with E-state index < -0.39 is 0 Å². The number of aromatic hydroxyl groups is 2. The van der Waals surface area contributed by atoms with E-state index in [1.165, 1.54) is 18.2 Å². The Labute approximate surface area is 143 Å². The second-order valence-corrected chi connectivity index (χ2v) is 5.91. The van der Waals surface area contributed by atoms with E-state index in [-0.39, 0.29) is 23.7 Å². The standard InChI is InChI=1S/C18H15ClN2O3/c19-14-3-1-2-12(6-14)9-21-10-15(20-11-21)8-17(23)13-4-5-16(22)18(24)7-13/h1-7,10-11,22,24H,8-9H2. The molecule has 5 nitrogen and oxygen atoms in total. The summed E-state index contributed by atoms with van der Waals surface area (Å²) in [5.74, 6) is -0.747. The molecule has 24 heavy (non-hydrogen) atoms. The first-order chi connectivity index (χ1) is 11.5. The number of carbonyl (C=O) groups excluding carboxylic acids is 1. The van der Waals surface area contributed by atoms with Gasteiger partial charge in [-0.2, -0.15) is 0 Å². The van der Waals surface area contributed by atoms with Crippen molar-refractivity contribution < 1.29 is 15.0 Å². The van der Waals surface area contributed by atoms with Gasteiger partial charge in [-0.3, -0.25) is 4.79 Å². The number of ketones is 1. The Morgan fingerprint density at radius 3 is 2.71 bits per heavy atom. The summed E-state index contributed by atoms with van der Waals surface area (Å²) in [6, 6.07) is 11.6. The number of benzene rings is 2. The van der Waals surface area contributed by atoms with Crippen LogP contribution in [0, 0.1) is 0 Å². The Kier molecular flexibility index (Phi) is 4.53. The molecule has 0 fully saturated rings. The van der Waals surface area contributed by atoms with Gasteiger partial charge >= 0.3 is 0 Å². The van der Waals surface area contributed by atoms with E-state index in [0.717, 1.165) is 5.56 Å². The Balaban J connectivity index is 1.69. The molecule has 0 aliphatic carbocycles. The fourth-order valence-corrected chi connectivity index (χ4v) is 2.61. The highest BCUT2D eigenvalue weighted by Crippen LogP contribution is 2.25. The van der Waals surface area contributed by atoms with Gasteiger partial charge in [0.05, 0.1) is 18.4 Å². The van der Waals surface area contributed by atoms with Gasteiger partial charge in [0, 0.05) is 23.3 Å². The molecule has 3 rings (SSSR count). The molecule has 0 unspecified atom stereocenters. The van der Waals surface area contributed by atoms with Crippen molar-refractivity contribution in [2.75, 3.05) is 0 Å². The van der Waals surface area contributed by atoms with E-state index in [4.69, 9.17) is 11.6 Å². The minimum absolute atomic E-state index is 0.118. The van der Waals surface area contributed by atoms with Crippen molar-refractivity contribution in [1.82, 2.24) is 9.55 Å². The highest BCUT2D eigenvalue weighted by Gasteiger charge is 2.11. The maximum Gasteiger partial charge on any atom is 0.169 e. The lowest BCUT2D eigenvalue weighted by Crippen LogP contribution is -2.03. The molecule has 0 saturated carbocycles. The van der Waals surface area contributed by atoms with E-state index >= 15 is 0 Å². The summed E-state index contributed by atoms with van der Waals surface area (Å²) >= 11 is 5.97. The van der Waals surface area contributed by atoms with Crippen molar-refractivity contribution in [2.45, 2.75) is 13.0 Å². The number of hydrogen-bond donors (Lipinski definition) is 2. The lowest BCUT2D eigenvalue weighted by Gasteiger charge is -2.03. The Morgan fingerprint density at radius 2 is 1.96 bits per heavy atom. The van der Waals surface area contributed by atoms with Crippen molar-refractivity contribution in [3.63, 3.8) is 0 Å². The SMILES string of the molecule is O=C(Cc1cn(Cc2cccc(Cl)c2)cn1)c1ccc(O)c(O)c1. The summed E-state index contributed by atoms with van der Waals surface area (Å²) in [7, 11) is 0. The van der Waals surface area contributed by atoms with Crippen LogP contribution in [-0.4, -0.2) is 25.5 Å². The zero-order valence-corrected chi connectivity index (χ0v) is 13.4. The van der Waals surface area contributed by atoms with E-state index in [0.29, 0.717) is 22.8 Å². The monoisotopic (exact) mass is 342 g/mol. The van der Waals surface area contributed by atoms with Crippen molar-refractivity contribution >= 4 is 17.4 Å². The number of phenolic OH excluding ortho intramolecular Hbond substituents is 2. The molecule has 2 N–H and O–H groups in total. The second-order valence-electron chi connectivity index (χ2n) is 5.47. The number of aromatic nitrogens is 2. The van der Waals surface area contributed by atoms with E-state index in [1.54, 1.807) is 12.5 Å². The molecule has 2 aromatic carbocycles. The molecule has 0 aliphatic rings. The van der Waals surface area contributed by atoms with Crippen LogP contribution in [0.15, 0.2) is 55.0 Å². The van der Waals surface area contributed by atoms with Gasteiger partial charge in [0.2, 0.25) is 0 Å². The van der Waals surface area contributed by atoms with E-state index in [2.05, 4.69) is 4.98 Å². The molecule has 0 amide bonds. The smallest absolute Gasteiger partial charge is 0.169 e. The summed E-state index contributed by atoms with van der Waals surface area (Å²) < 4.78 is 1.88. The van der Waals surface area contributed by atoms with Gasteiger partial charge < -0.3 is 14.8 Å². The van der Waals surface area contributed by atoms with Gasteiger partial charge in [-0.25, -0.2) is 4.98 Å². The summed E-state index contributed by atoms with van der Waals surface area (Å²) in [4.78, 5) is 16.5. The quantitative estimate of drug-likeness (QED) is 0.550. The zero-order valence-electron chi connectivity index (χ0n) is 12.7. The molecule has 0 radical (unpaired) electrons. The number of imidazole rings is 1. The Morgan fingerprint density at radius 1 is 1.12 bits per heavy atom. The van der Waals surface area contributed by atoms with Crippen molar-refractivity contribution in [3.8, 4) is 11.5 Å². The maximum absolute atomic E-state index is 12.2. The van der Waals surface area contributed by atoms with Crippen LogP contribution in [-0.2, 0) is 13.0 Å². The van der Waals surface area contributed by atoms with Gasteiger partial charge in [0.1, 0.15) is 0 Å². The molecule has 122 valence electrons. The first-order valence-corrected chi connectivity index (χ1v) is 7.69. The molecule has 1 heterocycles. The molecule has 1 aromatic heterocycles. The van der Waals surface area contributed by atoms with Crippen LogP contribution in [0.1, 0.15) is 21.6 Å². The number of rotatable bonds is 5. The molecule has 3 aromatic rings. The van der Waals surface area contributed by atoms with Crippen LogP contribution < -0.4 is 0 Å².